The molecule has 1 saturated heterocycles. The largest absolute Gasteiger partial charge is 0.467 e. The topological polar surface area (TPSA) is 102 Å². The predicted octanol–water partition coefficient (Wildman–Crippen LogP) is 2.51. The van der Waals surface area contributed by atoms with Crippen LogP contribution in [0.3, 0.4) is 0 Å². The molecule has 4 rings (SSSR count). The molecule has 2 aromatic heterocycles. The number of hydrogen-bond donors (Lipinski definition) is 1. The number of methoxy groups -OCH3 is 1. The maximum Gasteiger partial charge on any atom is 0.433 e. The lowest BCUT2D eigenvalue weighted by Gasteiger charge is -2.21. The average molecular weight is 482 g/mol. The number of aryl methyl sites for hydroxylation is 1. The van der Waals surface area contributed by atoms with E-state index in [0.717, 1.165) is 11.6 Å². The third-order valence-corrected chi connectivity index (χ3v) is 7.03. The van der Waals surface area contributed by atoms with Crippen molar-refractivity contribution in [1.29, 1.82) is 0 Å². The van der Waals surface area contributed by atoms with Crippen LogP contribution in [0, 0.1) is 0 Å². The Hall–Kier alpha value is -3.19. The quantitative estimate of drug-likeness (QED) is 0.576. The van der Waals surface area contributed by atoms with Crippen molar-refractivity contribution in [2.75, 3.05) is 25.5 Å². The second-order valence-electron chi connectivity index (χ2n) is 7.59. The third-order valence-electron chi connectivity index (χ3n) is 5.31. The van der Waals surface area contributed by atoms with Crippen molar-refractivity contribution in [2.24, 2.45) is 7.05 Å². The summed E-state index contributed by atoms with van der Waals surface area (Å²) in [4.78, 5) is 11.3. The lowest BCUT2D eigenvalue weighted by molar-refractivity contribution is -0.141. The van der Waals surface area contributed by atoms with Gasteiger partial charge in [-0.2, -0.15) is 27.4 Å². The van der Waals surface area contributed by atoms with Crippen molar-refractivity contribution >= 4 is 15.8 Å². The minimum atomic E-state index is -4.70. The molecule has 13 heteroatoms. The molecule has 2 atom stereocenters. The maximum absolute atomic E-state index is 13.3. The van der Waals surface area contributed by atoms with Crippen LogP contribution >= 0.6 is 0 Å². The van der Waals surface area contributed by atoms with Crippen molar-refractivity contribution in [2.45, 2.75) is 23.2 Å². The van der Waals surface area contributed by atoms with Gasteiger partial charge in [-0.15, -0.1) is 0 Å². The first kappa shape index (κ1) is 23.0. The molecule has 176 valence electrons. The van der Waals surface area contributed by atoms with Crippen LogP contribution < -0.4 is 10.1 Å². The molecule has 3 aromatic rings. The van der Waals surface area contributed by atoms with E-state index in [1.165, 1.54) is 28.5 Å². The summed E-state index contributed by atoms with van der Waals surface area (Å²) in [6.07, 6.45) is -1.91. The van der Waals surface area contributed by atoms with E-state index < -0.39 is 33.9 Å². The highest BCUT2D eigenvalue weighted by Gasteiger charge is 2.41. The van der Waals surface area contributed by atoms with E-state index >= 15 is 0 Å². The van der Waals surface area contributed by atoms with Crippen LogP contribution in [0.1, 0.15) is 17.2 Å². The first-order valence-corrected chi connectivity index (χ1v) is 11.3. The molecule has 9 nitrogen and oxygen atoms in total. The number of benzene rings is 1. The highest BCUT2D eigenvalue weighted by atomic mass is 32.2. The van der Waals surface area contributed by atoms with Crippen LogP contribution in [-0.2, 0) is 23.2 Å². The molecule has 1 aliphatic heterocycles. The number of sulfonamides is 1. The number of nitrogens with one attached hydrogen (secondary N) is 1. The number of hydrogen-bond acceptors (Lipinski definition) is 7. The zero-order chi connectivity index (χ0) is 23.8. The fraction of sp³-hybridized carbons (Fsp3) is 0.350. The van der Waals surface area contributed by atoms with Crippen LogP contribution in [0.25, 0.3) is 0 Å². The lowest BCUT2D eigenvalue weighted by Crippen LogP contribution is -2.32. The van der Waals surface area contributed by atoms with Gasteiger partial charge < -0.3 is 14.6 Å². The second kappa shape index (κ2) is 8.63. The summed E-state index contributed by atoms with van der Waals surface area (Å²) in [7, 11) is -1.07. The minimum absolute atomic E-state index is 0.00609. The Kier molecular flexibility index (Phi) is 6.01. The Morgan fingerprint density at radius 3 is 2.48 bits per heavy atom. The average Bonchev–Trinajstić information content (AvgIpc) is 3.41. The van der Waals surface area contributed by atoms with Gasteiger partial charge in [0.2, 0.25) is 0 Å². The normalized spacial score (nSPS) is 19.5. The zero-order valence-corrected chi connectivity index (χ0v) is 18.5. The van der Waals surface area contributed by atoms with E-state index in [0.29, 0.717) is 0 Å². The molecule has 0 aliphatic carbocycles. The van der Waals surface area contributed by atoms with E-state index in [1.54, 1.807) is 7.05 Å². The summed E-state index contributed by atoms with van der Waals surface area (Å²) in [5, 5.41) is 2.88. The summed E-state index contributed by atoms with van der Waals surface area (Å²) >= 11 is 0. The summed E-state index contributed by atoms with van der Waals surface area (Å²) in [5.74, 6) is -0.461. The molecule has 1 aliphatic rings. The van der Waals surface area contributed by atoms with Crippen molar-refractivity contribution in [1.82, 2.24) is 23.8 Å². The molecule has 1 N–H and O–H groups in total. The smallest absolute Gasteiger partial charge is 0.433 e. The number of halogens is 3. The maximum atomic E-state index is 13.3. The molecule has 0 bridgehead atoms. The van der Waals surface area contributed by atoms with Gasteiger partial charge in [0.05, 0.1) is 13.4 Å². The van der Waals surface area contributed by atoms with Crippen molar-refractivity contribution < 1.29 is 26.3 Å². The molecule has 33 heavy (non-hydrogen) atoms. The molecule has 1 fully saturated rings. The highest BCUT2D eigenvalue weighted by molar-refractivity contribution is 7.89. The standard InChI is InChI=1S/C20H21F3N6O3S/c1-28-11-18(24-12-28)33(30,31)29-9-14(13-6-4-3-5-7-13)15(10-29)25-17-8-16(20(21,22)23)26-19(27-17)32-2/h3-8,11-12,14-15H,9-10H2,1-2H3,(H,25,26,27)/t14-,15+/m1/s1. The van der Waals surface area contributed by atoms with E-state index in [-0.39, 0.29) is 29.9 Å². The number of rotatable bonds is 6. The lowest BCUT2D eigenvalue weighted by atomic mass is 9.94. The van der Waals surface area contributed by atoms with E-state index in [4.69, 9.17) is 4.74 Å². The Morgan fingerprint density at radius 2 is 1.88 bits per heavy atom. The Labute approximate surface area is 188 Å². The Morgan fingerprint density at radius 1 is 1.15 bits per heavy atom. The van der Waals surface area contributed by atoms with E-state index in [2.05, 4.69) is 20.3 Å². The second-order valence-corrected chi connectivity index (χ2v) is 9.48. The van der Waals surface area contributed by atoms with E-state index in [1.807, 2.05) is 30.3 Å². The molecular formula is C20H21F3N6O3S. The summed E-state index contributed by atoms with van der Waals surface area (Å²) in [5.41, 5.74) is -0.324. The number of anilines is 1. The minimum Gasteiger partial charge on any atom is -0.467 e. The molecule has 0 spiro atoms. The first-order valence-electron chi connectivity index (χ1n) is 9.88. The van der Waals surface area contributed by atoms with Gasteiger partial charge in [0.1, 0.15) is 5.82 Å². The van der Waals surface area contributed by atoms with Gasteiger partial charge in [-0.25, -0.2) is 13.4 Å². The monoisotopic (exact) mass is 482 g/mol. The number of ether oxygens (including phenoxy) is 1. The van der Waals surface area contributed by atoms with Gasteiger partial charge in [0.25, 0.3) is 10.0 Å². The SMILES string of the molecule is COc1nc(N[C@H]2CN(S(=O)(=O)c3cn(C)cn3)C[C@@H]2c2ccccc2)cc(C(F)(F)F)n1. The summed E-state index contributed by atoms with van der Waals surface area (Å²) in [6, 6.07) is 8.92. The van der Waals surface area contributed by atoms with Gasteiger partial charge in [-0.3, -0.25) is 0 Å². The first-order chi connectivity index (χ1) is 15.6. The van der Waals surface area contributed by atoms with Gasteiger partial charge in [-0.1, -0.05) is 30.3 Å². The number of nitrogens with zero attached hydrogens (tertiary/aromatic N) is 5. The fourth-order valence-corrected chi connectivity index (χ4v) is 5.19. The summed E-state index contributed by atoms with van der Waals surface area (Å²) < 4.78 is 73.7. The Bertz CT molecular complexity index is 1230. The van der Waals surface area contributed by atoms with Gasteiger partial charge in [-0.05, 0) is 5.56 Å². The molecule has 1 aromatic carbocycles. The Balaban J connectivity index is 1.68. The molecule has 0 saturated carbocycles. The van der Waals surface area contributed by atoms with Crippen LogP contribution in [-0.4, -0.2) is 58.5 Å². The molecule has 0 radical (unpaired) electrons. The predicted molar refractivity (Wildman–Crippen MR) is 112 cm³/mol. The summed E-state index contributed by atoms with van der Waals surface area (Å²) in [6.45, 7) is 0.126. The molecule has 0 amide bonds. The number of aromatic nitrogens is 4. The van der Waals surface area contributed by atoms with Crippen LogP contribution in [0.4, 0.5) is 19.0 Å². The van der Waals surface area contributed by atoms with Crippen molar-refractivity contribution in [3.05, 3.63) is 60.2 Å². The van der Waals surface area contributed by atoms with Crippen LogP contribution in [0.5, 0.6) is 6.01 Å². The van der Waals surface area contributed by atoms with E-state index in [9.17, 15) is 21.6 Å². The van der Waals surface area contributed by atoms with Gasteiger partial charge in [0.15, 0.2) is 10.7 Å². The van der Waals surface area contributed by atoms with Gasteiger partial charge >= 0.3 is 12.2 Å². The molecule has 3 heterocycles. The van der Waals surface area contributed by atoms with Crippen LogP contribution in [0.15, 0.2) is 53.9 Å². The highest BCUT2D eigenvalue weighted by Crippen LogP contribution is 2.34. The molecular weight excluding hydrogens is 461 g/mol. The third kappa shape index (κ3) is 4.78. The fourth-order valence-electron chi connectivity index (χ4n) is 3.73. The number of alkyl halides is 3. The van der Waals surface area contributed by atoms with Crippen LogP contribution in [0.2, 0.25) is 0 Å². The molecule has 0 unspecified atom stereocenters. The van der Waals surface area contributed by atoms with Crippen molar-refractivity contribution in [3.63, 3.8) is 0 Å². The zero-order valence-electron chi connectivity index (χ0n) is 17.7. The van der Waals surface area contributed by atoms with Crippen molar-refractivity contribution in [3.8, 4) is 6.01 Å². The number of imidazole rings is 1. The van der Waals surface area contributed by atoms with Gasteiger partial charge in [0, 0.05) is 44.4 Å².